The number of hydrogen-bond acceptors (Lipinski definition) is 6. The SMILES string of the molecule is Cc1oc(-c2ccccc2)nc1CCOc1cccc(CC(=O)N2CCC[C@H]2OC(=O)O)c1. The Morgan fingerprint density at radius 3 is 2.79 bits per heavy atom. The molecular weight excluding hydrogens is 424 g/mol. The third kappa shape index (κ3) is 5.71. The van der Waals surface area contributed by atoms with Gasteiger partial charge in [0.05, 0.1) is 18.7 Å². The number of aryl methyl sites for hydroxylation is 1. The number of hydrogen-bond donors (Lipinski definition) is 1. The molecule has 1 aromatic heterocycles. The quantitative estimate of drug-likeness (QED) is 0.506. The van der Waals surface area contributed by atoms with E-state index in [0.29, 0.717) is 37.6 Å². The lowest BCUT2D eigenvalue weighted by Gasteiger charge is -2.23. The summed E-state index contributed by atoms with van der Waals surface area (Å²) in [6.45, 7) is 2.80. The molecule has 3 aromatic rings. The Kier molecular flexibility index (Phi) is 6.92. The van der Waals surface area contributed by atoms with Crippen LogP contribution in [0.15, 0.2) is 59.0 Å². The molecule has 33 heavy (non-hydrogen) atoms. The number of likely N-dealkylation sites (tertiary alicyclic amines) is 1. The van der Waals surface area contributed by atoms with Crippen LogP contribution in [0, 0.1) is 6.92 Å². The second-order valence-electron chi connectivity index (χ2n) is 7.88. The molecular formula is C25H26N2O6. The molecule has 8 nitrogen and oxygen atoms in total. The summed E-state index contributed by atoms with van der Waals surface area (Å²) in [5.74, 6) is 1.85. The standard InChI is InChI=1S/C25H26N2O6/c1-17-21(26-24(32-17)19-8-3-2-4-9-19)12-14-31-20-10-5-7-18(15-20)16-22(28)27-13-6-11-23(27)33-25(29)30/h2-5,7-10,15,23H,6,11-14,16H2,1H3,(H,29,30)/t23-/m1/s1. The molecule has 0 radical (unpaired) electrons. The lowest BCUT2D eigenvalue weighted by Crippen LogP contribution is -2.39. The van der Waals surface area contributed by atoms with Gasteiger partial charge in [-0.25, -0.2) is 9.78 Å². The van der Waals surface area contributed by atoms with Crippen LogP contribution >= 0.6 is 0 Å². The van der Waals surface area contributed by atoms with Crippen LogP contribution in [-0.2, 0) is 22.4 Å². The Morgan fingerprint density at radius 1 is 1.18 bits per heavy atom. The van der Waals surface area contributed by atoms with Gasteiger partial charge in [-0.15, -0.1) is 0 Å². The van der Waals surface area contributed by atoms with E-state index in [2.05, 4.69) is 4.98 Å². The molecule has 1 atom stereocenters. The molecule has 1 saturated heterocycles. The van der Waals surface area contributed by atoms with Crippen LogP contribution in [0.1, 0.15) is 29.9 Å². The number of rotatable bonds is 8. The first-order valence-corrected chi connectivity index (χ1v) is 10.9. The zero-order chi connectivity index (χ0) is 23.2. The number of carbonyl (C=O) groups is 2. The van der Waals surface area contributed by atoms with E-state index in [0.717, 1.165) is 29.0 Å². The first kappa shape index (κ1) is 22.4. The van der Waals surface area contributed by atoms with E-state index in [4.69, 9.17) is 19.0 Å². The molecule has 1 aliphatic heterocycles. The fourth-order valence-electron chi connectivity index (χ4n) is 3.91. The van der Waals surface area contributed by atoms with Crippen molar-refractivity contribution >= 4 is 12.1 Å². The number of carbonyl (C=O) groups excluding carboxylic acids is 1. The van der Waals surface area contributed by atoms with Crippen LogP contribution in [0.3, 0.4) is 0 Å². The van der Waals surface area contributed by atoms with E-state index in [1.807, 2.05) is 61.5 Å². The number of benzene rings is 2. The molecule has 0 aliphatic carbocycles. The maximum absolute atomic E-state index is 12.7. The van der Waals surface area contributed by atoms with Crippen LogP contribution in [0.5, 0.6) is 5.75 Å². The maximum atomic E-state index is 12.7. The summed E-state index contributed by atoms with van der Waals surface area (Å²) in [7, 11) is 0. The zero-order valence-corrected chi connectivity index (χ0v) is 18.4. The monoisotopic (exact) mass is 450 g/mol. The van der Waals surface area contributed by atoms with Crippen molar-refractivity contribution in [2.75, 3.05) is 13.2 Å². The van der Waals surface area contributed by atoms with Gasteiger partial charge in [0.2, 0.25) is 11.8 Å². The van der Waals surface area contributed by atoms with Crippen LogP contribution < -0.4 is 4.74 Å². The molecule has 2 aromatic carbocycles. The van der Waals surface area contributed by atoms with Gasteiger partial charge in [-0.2, -0.15) is 0 Å². The van der Waals surface area contributed by atoms with Gasteiger partial charge in [0.1, 0.15) is 11.5 Å². The van der Waals surface area contributed by atoms with Crippen molar-refractivity contribution in [3.8, 4) is 17.2 Å². The van der Waals surface area contributed by atoms with E-state index in [-0.39, 0.29) is 12.3 Å². The Bertz CT molecular complexity index is 1110. The van der Waals surface area contributed by atoms with Gasteiger partial charge in [0.15, 0.2) is 6.23 Å². The molecule has 172 valence electrons. The Balaban J connectivity index is 1.32. The summed E-state index contributed by atoms with van der Waals surface area (Å²) in [5, 5.41) is 8.85. The molecule has 1 amide bonds. The minimum absolute atomic E-state index is 0.152. The van der Waals surface area contributed by atoms with E-state index in [9.17, 15) is 9.59 Å². The zero-order valence-electron chi connectivity index (χ0n) is 18.4. The molecule has 2 heterocycles. The molecule has 0 spiro atoms. The molecule has 4 rings (SSSR count). The molecule has 1 N–H and O–H groups in total. The van der Waals surface area contributed by atoms with Crippen LogP contribution in [0.2, 0.25) is 0 Å². The number of aromatic nitrogens is 1. The molecule has 1 aliphatic rings. The van der Waals surface area contributed by atoms with Gasteiger partial charge in [0.25, 0.3) is 0 Å². The Hall–Kier alpha value is -3.81. The Morgan fingerprint density at radius 2 is 2.00 bits per heavy atom. The van der Waals surface area contributed by atoms with Crippen molar-refractivity contribution < 1.29 is 28.6 Å². The predicted molar refractivity (Wildman–Crippen MR) is 120 cm³/mol. The van der Waals surface area contributed by atoms with Gasteiger partial charge in [0, 0.05) is 24.9 Å². The summed E-state index contributed by atoms with van der Waals surface area (Å²) >= 11 is 0. The fraction of sp³-hybridized carbons (Fsp3) is 0.320. The third-order valence-electron chi connectivity index (χ3n) is 5.53. The summed E-state index contributed by atoms with van der Waals surface area (Å²) in [5.41, 5.74) is 2.57. The number of amides is 1. The van der Waals surface area contributed by atoms with Crippen molar-refractivity contribution in [3.63, 3.8) is 0 Å². The summed E-state index contributed by atoms with van der Waals surface area (Å²) in [6, 6.07) is 17.1. The summed E-state index contributed by atoms with van der Waals surface area (Å²) < 4.78 is 16.5. The highest BCUT2D eigenvalue weighted by Crippen LogP contribution is 2.23. The van der Waals surface area contributed by atoms with Gasteiger partial charge in [-0.3, -0.25) is 4.79 Å². The lowest BCUT2D eigenvalue weighted by molar-refractivity contribution is -0.138. The summed E-state index contributed by atoms with van der Waals surface area (Å²) in [6.07, 6.45) is -0.0869. The van der Waals surface area contributed by atoms with Gasteiger partial charge >= 0.3 is 6.16 Å². The average molecular weight is 450 g/mol. The predicted octanol–water partition coefficient (Wildman–Crippen LogP) is 4.46. The van der Waals surface area contributed by atoms with E-state index in [1.54, 1.807) is 0 Å². The van der Waals surface area contributed by atoms with E-state index in [1.165, 1.54) is 4.90 Å². The number of ether oxygens (including phenoxy) is 2. The molecule has 8 heteroatoms. The normalized spacial score (nSPS) is 15.4. The second kappa shape index (κ2) is 10.2. The van der Waals surface area contributed by atoms with E-state index >= 15 is 0 Å². The van der Waals surface area contributed by atoms with Crippen LogP contribution in [0.4, 0.5) is 4.79 Å². The van der Waals surface area contributed by atoms with Crippen molar-refractivity contribution in [1.29, 1.82) is 0 Å². The molecule has 1 fully saturated rings. The third-order valence-corrected chi connectivity index (χ3v) is 5.53. The van der Waals surface area contributed by atoms with Crippen LogP contribution in [-0.4, -0.2) is 46.4 Å². The number of carboxylic acid groups (broad SMARTS) is 1. The first-order chi connectivity index (χ1) is 16.0. The first-order valence-electron chi connectivity index (χ1n) is 10.9. The van der Waals surface area contributed by atoms with Gasteiger partial charge in [-0.05, 0) is 43.2 Å². The van der Waals surface area contributed by atoms with Crippen molar-refractivity contribution in [1.82, 2.24) is 9.88 Å². The fourth-order valence-corrected chi connectivity index (χ4v) is 3.91. The lowest BCUT2D eigenvalue weighted by atomic mass is 10.1. The Labute approximate surface area is 191 Å². The highest BCUT2D eigenvalue weighted by atomic mass is 16.7. The number of oxazole rings is 1. The highest BCUT2D eigenvalue weighted by molar-refractivity contribution is 5.79. The van der Waals surface area contributed by atoms with Gasteiger partial charge < -0.3 is 23.9 Å². The average Bonchev–Trinajstić information content (AvgIpc) is 3.41. The van der Waals surface area contributed by atoms with E-state index < -0.39 is 12.4 Å². The molecule has 0 unspecified atom stereocenters. The molecule has 0 saturated carbocycles. The second-order valence-corrected chi connectivity index (χ2v) is 7.88. The topological polar surface area (TPSA) is 102 Å². The molecule has 0 bridgehead atoms. The number of nitrogens with zero attached hydrogens (tertiary/aromatic N) is 2. The summed E-state index contributed by atoms with van der Waals surface area (Å²) in [4.78, 5) is 29.6. The van der Waals surface area contributed by atoms with Crippen molar-refractivity contribution in [2.24, 2.45) is 0 Å². The van der Waals surface area contributed by atoms with Crippen molar-refractivity contribution in [2.45, 2.75) is 38.8 Å². The largest absolute Gasteiger partial charge is 0.507 e. The van der Waals surface area contributed by atoms with Crippen molar-refractivity contribution in [3.05, 3.63) is 71.6 Å². The minimum atomic E-state index is -1.37. The minimum Gasteiger partial charge on any atom is -0.493 e. The highest BCUT2D eigenvalue weighted by Gasteiger charge is 2.31. The van der Waals surface area contributed by atoms with Gasteiger partial charge in [-0.1, -0.05) is 30.3 Å². The maximum Gasteiger partial charge on any atom is 0.507 e. The van der Waals surface area contributed by atoms with Crippen LogP contribution in [0.25, 0.3) is 11.5 Å². The smallest absolute Gasteiger partial charge is 0.493 e.